The van der Waals surface area contributed by atoms with E-state index in [0.717, 1.165) is 65.4 Å². The smallest absolute Gasteiger partial charge is 0.254 e. The molecule has 6 heterocycles. The molecule has 0 saturated carbocycles. The fourth-order valence-electron chi connectivity index (χ4n) is 5.04. The first-order valence-electron chi connectivity index (χ1n) is 13.6. The molecular weight excluding hydrogens is 575 g/mol. The van der Waals surface area contributed by atoms with Gasteiger partial charge in [0.25, 0.3) is 0 Å². The van der Waals surface area contributed by atoms with Crippen LogP contribution in [0.4, 0.5) is 0 Å². The van der Waals surface area contributed by atoms with Crippen LogP contribution in [-0.2, 0) is 16.5 Å². The second-order valence-electron chi connectivity index (χ2n) is 9.65. The van der Waals surface area contributed by atoms with Crippen molar-refractivity contribution >= 4 is 65.4 Å². The maximum atomic E-state index is 4.35. The van der Waals surface area contributed by atoms with Crippen molar-refractivity contribution in [2.24, 2.45) is 0 Å². The zero-order chi connectivity index (χ0) is 28.1. The molecule has 43 heavy (non-hydrogen) atoms. The molecule has 0 amide bonds. The Labute approximate surface area is 257 Å². The van der Waals surface area contributed by atoms with Crippen molar-refractivity contribution in [1.82, 2.24) is 29.9 Å². The van der Waals surface area contributed by atoms with Crippen LogP contribution >= 0.6 is 0 Å². The number of benzene rings is 3. The van der Waals surface area contributed by atoms with Gasteiger partial charge in [0.2, 0.25) is 0 Å². The van der Waals surface area contributed by atoms with Crippen LogP contribution in [0.3, 0.4) is 0 Å². The molecule has 0 fully saturated rings. The Morgan fingerprint density at radius 2 is 0.395 bits per heavy atom. The molecule has 0 N–H and O–H groups in total. The van der Waals surface area contributed by atoms with Crippen LogP contribution in [0.25, 0.3) is 65.4 Å². The van der Waals surface area contributed by atoms with Crippen LogP contribution in [0.5, 0.6) is 0 Å². The number of fused-ring (bicyclic) bond motifs is 9. The minimum atomic E-state index is 0. The summed E-state index contributed by atoms with van der Waals surface area (Å²) in [5.74, 6) is 0. The number of aromatic nitrogens is 6. The van der Waals surface area contributed by atoms with E-state index >= 15 is 0 Å². The largest absolute Gasteiger partial charge is 2.00 e. The van der Waals surface area contributed by atoms with E-state index in [1.807, 2.05) is 36.4 Å². The van der Waals surface area contributed by atoms with Gasteiger partial charge in [0.15, 0.2) is 0 Å². The van der Waals surface area contributed by atoms with Gasteiger partial charge in [-0.1, -0.05) is 72.8 Å². The van der Waals surface area contributed by atoms with Gasteiger partial charge in [-0.15, -0.1) is 0 Å². The molecule has 0 bridgehead atoms. The van der Waals surface area contributed by atoms with Crippen LogP contribution < -0.4 is 0 Å². The minimum absolute atomic E-state index is 0. The first kappa shape index (κ1) is 27.8. The third-order valence-electron chi connectivity index (χ3n) is 7.03. The summed E-state index contributed by atoms with van der Waals surface area (Å²) in [6, 6.07) is 36.4. The Bertz CT molecular complexity index is 1910. The maximum absolute atomic E-state index is 4.35. The molecule has 7 heteroatoms. The van der Waals surface area contributed by atoms with E-state index < -0.39 is 0 Å². The third-order valence-corrected chi connectivity index (χ3v) is 7.03. The van der Waals surface area contributed by atoms with E-state index in [9.17, 15) is 0 Å². The fourth-order valence-corrected chi connectivity index (χ4v) is 5.04. The summed E-state index contributed by atoms with van der Waals surface area (Å²) < 4.78 is 0. The summed E-state index contributed by atoms with van der Waals surface area (Å²) in [5, 5.41) is 6.83. The number of nitrogens with zero attached hydrogens (tertiary/aromatic N) is 6. The molecule has 0 aliphatic carbocycles. The van der Waals surface area contributed by atoms with E-state index in [2.05, 4.69) is 103 Å². The number of rotatable bonds is 0. The summed E-state index contributed by atoms with van der Waals surface area (Å²) in [4.78, 5) is 26.1. The normalized spacial score (nSPS) is 10.6. The van der Waals surface area contributed by atoms with Crippen LogP contribution in [-0.4, -0.2) is 29.9 Å². The Morgan fingerprint density at radius 3 is 0.558 bits per heavy atom. The summed E-state index contributed by atoms with van der Waals surface area (Å²) in [7, 11) is 0. The summed E-state index contributed by atoms with van der Waals surface area (Å²) in [6.45, 7) is 0. The average molecular weight is 599 g/mol. The van der Waals surface area contributed by atoms with Gasteiger partial charge in [-0.2, -0.15) is 0 Å². The summed E-state index contributed by atoms with van der Waals surface area (Å²) in [6.07, 6.45) is 10.8. The predicted octanol–water partition coefficient (Wildman–Crippen LogP) is 8.35. The topological polar surface area (TPSA) is 77.3 Å². The van der Waals surface area contributed by atoms with E-state index in [-0.39, 0.29) is 16.5 Å². The van der Waals surface area contributed by atoms with Crippen LogP contribution in [0, 0.1) is 0 Å². The maximum Gasteiger partial charge on any atom is 2.00 e. The Kier molecular flexibility index (Phi) is 8.16. The zero-order valence-corrected chi connectivity index (χ0v) is 23.8. The Morgan fingerprint density at radius 1 is 0.233 bits per heavy atom. The van der Waals surface area contributed by atoms with Gasteiger partial charge in [0, 0.05) is 69.5 Å². The van der Waals surface area contributed by atoms with Gasteiger partial charge in [0.05, 0.1) is 33.1 Å². The SMILES string of the molecule is [Ni+2].c1cnc2c(c1)ccc1cccnc12.c1cnc2c(c1)ccc1cccnc12.c1cnc2c(c1)ccc1cccnc12. The van der Waals surface area contributed by atoms with Crippen molar-refractivity contribution in [2.75, 3.05) is 0 Å². The first-order valence-corrected chi connectivity index (χ1v) is 13.6. The molecule has 0 atom stereocenters. The van der Waals surface area contributed by atoms with Crippen molar-refractivity contribution < 1.29 is 16.5 Å². The van der Waals surface area contributed by atoms with Crippen LogP contribution in [0.2, 0.25) is 0 Å². The van der Waals surface area contributed by atoms with E-state index in [0.29, 0.717) is 0 Å². The van der Waals surface area contributed by atoms with Crippen molar-refractivity contribution in [3.05, 3.63) is 146 Å². The second-order valence-corrected chi connectivity index (χ2v) is 9.65. The molecule has 0 spiro atoms. The fraction of sp³-hybridized carbons (Fsp3) is 0. The quantitative estimate of drug-likeness (QED) is 0.129. The molecule has 0 saturated heterocycles. The molecule has 0 aliphatic rings. The Hall–Kier alpha value is -5.39. The zero-order valence-electron chi connectivity index (χ0n) is 22.9. The molecular formula is C36H24N6Ni+2. The van der Waals surface area contributed by atoms with Gasteiger partial charge in [-0.25, -0.2) is 0 Å². The van der Waals surface area contributed by atoms with Gasteiger partial charge < -0.3 is 0 Å². The first-order chi connectivity index (χ1) is 20.8. The van der Waals surface area contributed by atoms with Crippen molar-refractivity contribution in [2.45, 2.75) is 0 Å². The minimum Gasteiger partial charge on any atom is -0.254 e. The van der Waals surface area contributed by atoms with Crippen molar-refractivity contribution in [1.29, 1.82) is 0 Å². The second kappa shape index (κ2) is 12.6. The molecule has 6 nitrogen and oxygen atoms in total. The average Bonchev–Trinajstić information content (AvgIpc) is 3.09. The van der Waals surface area contributed by atoms with E-state index in [1.165, 1.54) is 0 Å². The predicted molar refractivity (Wildman–Crippen MR) is 171 cm³/mol. The van der Waals surface area contributed by atoms with Gasteiger partial charge in [-0.3, -0.25) is 29.9 Å². The third kappa shape index (κ3) is 5.71. The van der Waals surface area contributed by atoms with Crippen LogP contribution in [0.15, 0.2) is 146 Å². The van der Waals surface area contributed by atoms with E-state index in [4.69, 9.17) is 0 Å². The van der Waals surface area contributed by atoms with Crippen LogP contribution in [0.1, 0.15) is 0 Å². The van der Waals surface area contributed by atoms with E-state index in [1.54, 1.807) is 37.2 Å². The number of hydrogen-bond donors (Lipinski definition) is 0. The molecule has 9 aromatic rings. The summed E-state index contributed by atoms with van der Waals surface area (Å²) >= 11 is 0. The molecule has 3 aromatic carbocycles. The van der Waals surface area contributed by atoms with Gasteiger partial charge in [-0.05, 0) is 36.4 Å². The molecule has 0 unspecified atom stereocenters. The molecule has 9 rings (SSSR count). The number of pyridine rings is 6. The van der Waals surface area contributed by atoms with Gasteiger partial charge in [0.1, 0.15) is 0 Å². The van der Waals surface area contributed by atoms with Gasteiger partial charge >= 0.3 is 16.5 Å². The van der Waals surface area contributed by atoms with Crippen molar-refractivity contribution in [3.63, 3.8) is 0 Å². The number of hydrogen-bond acceptors (Lipinski definition) is 6. The Balaban J connectivity index is 0.000000113. The standard InChI is InChI=1S/3C12H8N2.Ni/c3*1-3-9-5-6-10-4-2-8-14-12(10)11(9)13-7-1;/h3*1-8H;/q;;;+2. The molecule has 0 aliphatic heterocycles. The monoisotopic (exact) mass is 598 g/mol. The molecule has 0 radical (unpaired) electrons. The summed E-state index contributed by atoms with van der Waals surface area (Å²) in [5.41, 5.74) is 5.86. The van der Waals surface area contributed by atoms with Crippen molar-refractivity contribution in [3.8, 4) is 0 Å². The molecule has 206 valence electrons. The molecule has 6 aromatic heterocycles.